The third-order valence-corrected chi connectivity index (χ3v) is 12.2. The summed E-state index contributed by atoms with van der Waals surface area (Å²) in [5.74, 6) is -0.260. The number of aliphatic hydroxyl groups is 3. The molecule has 0 unspecified atom stereocenters. The lowest BCUT2D eigenvalue weighted by atomic mass is 9.46. The first-order chi connectivity index (χ1) is 20.1. The van der Waals surface area contributed by atoms with Crippen molar-refractivity contribution in [1.82, 2.24) is 0 Å². The molecule has 4 aliphatic carbocycles. The second-order valence-electron chi connectivity index (χ2n) is 13.3. The molecule has 1 aliphatic heterocycles. The Kier molecular flexibility index (Phi) is 6.77. The van der Waals surface area contributed by atoms with E-state index in [1.165, 1.54) is 0 Å². The van der Waals surface area contributed by atoms with Gasteiger partial charge in [-0.15, -0.1) is 11.3 Å². The molecule has 8 heteroatoms. The lowest BCUT2D eigenvalue weighted by Gasteiger charge is -2.59. The molecule has 4 fully saturated rings. The number of thiophene rings is 1. The van der Waals surface area contributed by atoms with Gasteiger partial charge in [-0.3, -0.25) is 9.59 Å². The van der Waals surface area contributed by atoms with Gasteiger partial charge in [0.1, 0.15) is 6.61 Å². The van der Waals surface area contributed by atoms with Gasteiger partial charge in [0.25, 0.3) is 0 Å². The maximum Gasteiger partial charge on any atom is 0.193 e. The Hall–Kier alpha value is -2.46. The first kappa shape index (κ1) is 28.3. The van der Waals surface area contributed by atoms with Gasteiger partial charge in [-0.2, -0.15) is 0 Å². The second-order valence-corrected chi connectivity index (χ2v) is 14.3. The van der Waals surface area contributed by atoms with Gasteiger partial charge in [0, 0.05) is 33.6 Å². The second kappa shape index (κ2) is 10.0. The Balaban J connectivity index is 1.18. The average Bonchev–Trinajstić information content (AvgIpc) is 3.65. The van der Waals surface area contributed by atoms with Crippen molar-refractivity contribution in [2.24, 2.45) is 28.6 Å². The molecule has 9 atom stereocenters. The number of ketones is 2. The van der Waals surface area contributed by atoms with Crippen LogP contribution in [0.25, 0.3) is 0 Å². The number of benzene rings is 1. The topological polar surface area (TPSA) is 113 Å². The van der Waals surface area contributed by atoms with Gasteiger partial charge < -0.3 is 24.8 Å². The van der Waals surface area contributed by atoms with Gasteiger partial charge in [-0.1, -0.05) is 49.8 Å². The summed E-state index contributed by atoms with van der Waals surface area (Å²) in [5.41, 5.74) is 1.43. The quantitative estimate of drug-likeness (QED) is 0.456. The highest BCUT2D eigenvalue weighted by Crippen LogP contribution is 2.70. The van der Waals surface area contributed by atoms with E-state index in [1.807, 2.05) is 35.7 Å². The lowest BCUT2D eigenvalue weighted by Crippen LogP contribution is -2.63. The molecule has 222 valence electrons. The predicted octanol–water partition coefficient (Wildman–Crippen LogP) is 4.43. The molecule has 2 aromatic rings. The van der Waals surface area contributed by atoms with Gasteiger partial charge in [0.05, 0.1) is 18.8 Å². The van der Waals surface area contributed by atoms with Crippen LogP contribution in [0, 0.1) is 28.6 Å². The van der Waals surface area contributed by atoms with Crippen molar-refractivity contribution in [1.29, 1.82) is 0 Å². The van der Waals surface area contributed by atoms with Crippen molar-refractivity contribution >= 4 is 22.9 Å². The molecule has 1 saturated heterocycles. The van der Waals surface area contributed by atoms with Crippen LogP contribution in [0.5, 0.6) is 0 Å². The van der Waals surface area contributed by atoms with Crippen molar-refractivity contribution in [2.45, 2.75) is 76.7 Å². The number of carbonyl (C=O) groups excluding carboxylic acids is 2. The first-order valence-electron chi connectivity index (χ1n) is 15.0. The Labute approximate surface area is 249 Å². The van der Waals surface area contributed by atoms with Crippen LogP contribution in [0.1, 0.15) is 67.4 Å². The van der Waals surface area contributed by atoms with Crippen molar-refractivity contribution < 1.29 is 34.4 Å². The van der Waals surface area contributed by atoms with Gasteiger partial charge in [0.15, 0.2) is 23.5 Å². The molecular weight excluding hydrogens is 552 g/mol. The largest absolute Gasteiger partial charge is 0.393 e. The Morgan fingerprint density at radius 2 is 1.98 bits per heavy atom. The minimum atomic E-state index is -1.35. The minimum Gasteiger partial charge on any atom is -0.393 e. The number of aliphatic hydroxyl groups excluding tert-OH is 3. The molecule has 1 aromatic heterocycles. The molecular formula is C34H38O7S. The molecule has 1 aromatic carbocycles. The van der Waals surface area contributed by atoms with E-state index in [-0.39, 0.29) is 35.9 Å². The summed E-state index contributed by atoms with van der Waals surface area (Å²) in [5, 5.41) is 33.5. The highest BCUT2D eigenvalue weighted by molar-refractivity contribution is 7.10. The molecule has 3 N–H and O–H groups in total. The number of Topliss-reactive ketones (excluding diaryl/α,β-unsaturated/α-hetero) is 1. The van der Waals surface area contributed by atoms with Crippen molar-refractivity contribution in [3.63, 3.8) is 0 Å². The van der Waals surface area contributed by atoms with Gasteiger partial charge in [0.2, 0.25) is 0 Å². The summed E-state index contributed by atoms with van der Waals surface area (Å²) in [6.45, 7) is 3.54. The third-order valence-electron chi connectivity index (χ3n) is 11.3. The molecule has 3 saturated carbocycles. The SMILES string of the molecule is C[C@]12C=CC(=O)C=C1CC[C@@H]1[C@@H]2[C@@H](O)C[C@@]2(C)[C@H]1C[C@H]1O[C@@H](c3csc(Cc4cccc(CO)c4)c3)O[C@]12C(=O)CO. The number of rotatable bonds is 6. The van der Waals surface area contributed by atoms with E-state index in [1.54, 1.807) is 23.5 Å². The molecule has 0 spiro atoms. The average molecular weight is 591 g/mol. The van der Waals surface area contributed by atoms with Crippen LogP contribution >= 0.6 is 11.3 Å². The smallest absolute Gasteiger partial charge is 0.193 e. The molecule has 7 rings (SSSR count). The van der Waals surface area contributed by atoms with E-state index >= 15 is 0 Å². The van der Waals surface area contributed by atoms with E-state index in [9.17, 15) is 24.9 Å². The van der Waals surface area contributed by atoms with Crippen LogP contribution in [0.3, 0.4) is 0 Å². The summed E-state index contributed by atoms with van der Waals surface area (Å²) in [6, 6.07) is 9.92. The monoisotopic (exact) mass is 590 g/mol. The van der Waals surface area contributed by atoms with Crippen molar-refractivity contribution in [3.8, 4) is 0 Å². The molecule has 0 amide bonds. The van der Waals surface area contributed by atoms with Crippen LogP contribution in [-0.2, 0) is 32.1 Å². The minimum absolute atomic E-state index is 0.000811. The van der Waals surface area contributed by atoms with Crippen LogP contribution in [0.15, 0.2) is 59.5 Å². The highest BCUT2D eigenvalue weighted by atomic mass is 32.1. The number of hydrogen-bond donors (Lipinski definition) is 3. The summed E-state index contributed by atoms with van der Waals surface area (Å²) in [4.78, 5) is 27.0. The van der Waals surface area contributed by atoms with E-state index in [0.29, 0.717) is 19.3 Å². The fraction of sp³-hybridized carbons (Fsp3) is 0.529. The van der Waals surface area contributed by atoms with E-state index < -0.39 is 41.5 Å². The molecule has 0 bridgehead atoms. The zero-order valence-corrected chi connectivity index (χ0v) is 24.8. The van der Waals surface area contributed by atoms with Crippen LogP contribution in [0.2, 0.25) is 0 Å². The number of allylic oxidation sites excluding steroid dienone is 4. The maximum absolute atomic E-state index is 13.7. The zero-order valence-electron chi connectivity index (χ0n) is 24.0. The fourth-order valence-electron chi connectivity index (χ4n) is 9.49. The first-order valence-corrected chi connectivity index (χ1v) is 15.9. The van der Waals surface area contributed by atoms with Gasteiger partial charge in [-0.05, 0) is 72.2 Å². The van der Waals surface area contributed by atoms with E-state index in [4.69, 9.17) is 9.47 Å². The van der Waals surface area contributed by atoms with E-state index in [0.717, 1.165) is 40.0 Å². The standard InChI is InChI=1S/C34H38O7S/c1-32-9-8-23(37)13-22(32)6-7-25-26-14-29-34(28(39)17-36,33(26,2)15-27(38)30(25)32)41-31(40-29)21-12-24(42-18-21)11-19-4-3-5-20(10-19)16-35/h3-5,8-10,12-13,18,25-27,29-31,35-36,38H,6-7,11,14-17H2,1-2H3/t25-,26-,27-,29+,30+,31+,32-,33-,34+/m0/s1. The Bertz CT molecular complexity index is 1490. The molecule has 2 heterocycles. The van der Waals surface area contributed by atoms with Crippen LogP contribution < -0.4 is 0 Å². The predicted molar refractivity (Wildman–Crippen MR) is 156 cm³/mol. The van der Waals surface area contributed by atoms with Crippen molar-refractivity contribution in [2.75, 3.05) is 6.61 Å². The normalized spacial score (nSPS) is 40.2. The number of ether oxygens (including phenoxy) is 2. The summed E-state index contributed by atoms with van der Waals surface area (Å²) >= 11 is 1.60. The summed E-state index contributed by atoms with van der Waals surface area (Å²) in [7, 11) is 0. The summed E-state index contributed by atoms with van der Waals surface area (Å²) < 4.78 is 13.3. The van der Waals surface area contributed by atoms with Gasteiger partial charge >= 0.3 is 0 Å². The lowest BCUT2D eigenvalue weighted by molar-refractivity contribution is -0.201. The number of fused-ring (bicyclic) bond motifs is 7. The molecule has 7 nitrogen and oxygen atoms in total. The molecule has 42 heavy (non-hydrogen) atoms. The summed E-state index contributed by atoms with van der Waals surface area (Å²) in [6.07, 6.45) is 6.68. The van der Waals surface area contributed by atoms with E-state index in [2.05, 4.69) is 19.9 Å². The number of carbonyl (C=O) groups is 2. The maximum atomic E-state index is 13.7. The number of hydrogen-bond acceptors (Lipinski definition) is 8. The van der Waals surface area contributed by atoms with Crippen molar-refractivity contribution in [3.05, 3.63) is 81.1 Å². The molecule has 5 aliphatic rings. The Morgan fingerprint density at radius 3 is 2.76 bits per heavy atom. The zero-order chi connectivity index (χ0) is 29.4. The molecule has 0 radical (unpaired) electrons. The fourth-order valence-corrected chi connectivity index (χ4v) is 10.4. The Morgan fingerprint density at radius 1 is 1.17 bits per heavy atom. The third kappa shape index (κ3) is 3.96. The van der Waals surface area contributed by atoms with Crippen LogP contribution in [-0.4, -0.2) is 51.3 Å². The van der Waals surface area contributed by atoms with Crippen LogP contribution in [0.4, 0.5) is 0 Å². The van der Waals surface area contributed by atoms with Gasteiger partial charge in [-0.25, -0.2) is 0 Å². The highest BCUT2D eigenvalue weighted by Gasteiger charge is 2.75.